The smallest absolute Gasteiger partial charge is 0.340 e. The first-order valence-electron chi connectivity index (χ1n) is 10.7. The number of ketones is 1. The Morgan fingerprint density at radius 2 is 1.27 bits per heavy atom. The summed E-state index contributed by atoms with van der Waals surface area (Å²) in [6, 6.07) is 15.7. The third-order valence-electron chi connectivity index (χ3n) is 4.98. The molecule has 3 rings (SSSR count). The zero-order valence-electron chi connectivity index (χ0n) is 18.8. The number of hydrogen-bond acceptors (Lipinski definition) is 6. The van der Waals surface area contributed by atoms with Gasteiger partial charge in [0.25, 0.3) is 0 Å². The van der Waals surface area contributed by atoms with Crippen LogP contribution in [0.25, 0.3) is 11.1 Å². The first kappa shape index (κ1) is 23.7. The summed E-state index contributed by atoms with van der Waals surface area (Å²) < 4.78 is 10.4. The minimum Gasteiger partial charge on any atom is -0.462 e. The van der Waals surface area contributed by atoms with E-state index in [0.29, 0.717) is 22.3 Å². The van der Waals surface area contributed by atoms with Crippen molar-refractivity contribution in [2.24, 2.45) is 0 Å². The lowest BCUT2D eigenvalue weighted by molar-refractivity contribution is -0.114. The van der Waals surface area contributed by atoms with Gasteiger partial charge >= 0.3 is 11.9 Å². The number of esters is 2. The molecule has 1 aromatic carbocycles. The molecule has 1 aromatic rings. The molecular weight excluding hydrogens is 422 g/mol. The Bertz CT molecular complexity index is 1110. The number of amides is 1. The van der Waals surface area contributed by atoms with Crippen LogP contribution in [0.4, 0.5) is 5.69 Å². The molecule has 0 saturated carbocycles. The van der Waals surface area contributed by atoms with Crippen LogP contribution < -0.4 is 5.32 Å². The maximum Gasteiger partial charge on any atom is 0.340 e. The molecule has 1 N–H and O–H groups in total. The van der Waals surface area contributed by atoms with E-state index in [-0.39, 0.29) is 42.2 Å². The average molecular weight is 447 g/mol. The van der Waals surface area contributed by atoms with Crippen LogP contribution in [0.1, 0.15) is 57.4 Å². The highest BCUT2D eigenvalue weighted by atomic mass is 16.5. The standard InChI is InChI=1S/C26H25NO6/c1-4-32-25(30)22-19-13-11-17(15-21(29)18-9-7-6-8-10-18)12-14-20(19)23(26(31)33-5-2)24(22)27-16(3)28/h6-14H,4-5,15H2,1-3H3,(H,27,28). The summed E-state index contributed by atoms with van der Waals surface area (Å²) in [7, 11) is 0. The third-order valence-corrected chi connectivity index (χ3v) is 4.98. The van der Waals surface area contributed by atoms with Crippen molar-refractivity contribution in [3.05, 3.63) is 76.9 Å². The molecule has 0 aliphatic heterocycles. The fourth-order valence-electron chi connectivity index (χ4n) is 3.61. The Kier molecular flexibility index (Phi) is 7.56. The lowest BCUT2D eigenvalue weighted by Crippen LogP contribution is -2.15. The molecule has 7 heteroatoms. The zero-order chi connectivity index (χ0) is 24.0. The van der Waals surface area contributed by atoms with Gasteiger partial charge in [-0.2, -0.15) is 0 Å². The first-order valence-corrected chi connectivity index (χ1v) is 10.7. The number of carbonyl (C=O) groups excluding carboxylic acids is 4. The minimum absolute atomic E-state index is 0.0579. The Labute approximate surface area is 192 Å². The molecule has 170 valence electrons. The largest absolute Gasteiger partial charge is 0.462 e. The molecule has 2 aliphatic carbocycles. The second-order valence-electron chi connectivity index (χ2n) is 7.28. The van der Waals surface area contributed by atoms with Crippen molar-refractivity contribution in [2.45, 2.75) is 27.2 Å². The Morgan fingerprint density at radius 3 is 1.73 bits per heavy atom. The molecule has 0 heterocycles. The van der Waals surface area contributed by atoms with Gasteiger partial charge in [-0.05, 0) is 30.5 Å². The van der Waals surface area contributed by atoms with Crippen LogP contribution in [0.15, 0.2) is 54.6 Å². The van der Waals surface area contributed by atoms with Gasteiger partial charge in [0.2, 0.25) is 5.91 Å². The molecule has 0 unspecified atom stereocenters. The monoisotopic (exact) mass is 447 g/mol. The van der Waals surface area contributed by atoms with Crippen LogP contribution in [0.5, 0.6) is 0 Å². The van der Waals surface area contributed by atoms with E-state index in [4.69, 9.17) is 9.47 Å². The van der Waals surface area contributed by atoms with E-state index in [0.717, 1.165) is 0 Å². The summed E-state index contributed by atoms with van der Waals surface area (Å²) >= 11 is 0. The van der Waals surface area contributed by atoms with Crippen LogP contribution in [0.3, 0.4) is 0 Å². The van der Waals surface area contributed by atoms with E-state index < -0.39 is 17.8 Å². The maximum absolute atomic E-state index is 12.8. The molecular formula is C26H25NO6. The quantitative estimate of drug-likeness (QED) is 0.402. The van der Waals surface area contributed by atoms with Crippen molar-refractivity contribution in [1.29, 1.82) is 0 Å². The SMILES string of the molecule is CCOC(=O)c1c2ccc(CC(=O)c3ccccc3)ccc-2c(C(=O)OCC)c1NC(C)=O. The summed E-state index contributed by atoms with van der Waals surface area (Å²) in [4.78, 5) is 50.2. The normalized spacial score (nSPS) is 10.5. The summed E-state index contributed by atoms with van der Waals surface area (Å²) in [5, 5.41) is 2.59. The number of hydrogen-bond donors (Lipinski definition) is 1. The van der Waals surface area contributed by atoms with Crippen molar-refractivity contribution in [1.82, 2.24) is 0 Å². The Hall–Kier alpha value is -4.00. The van der Waals surface area contributed by atoms with Gasteiger partial charge < -0.3 is 14.8 Å². The van der Waals surface area contributed by atoms with Crippen LogP contribution in [0.2, 0.25) is 0 Å². The van der Waals surface area contributed by atoms with Crippen LogP contribution in [-0.4, -0.2) is 36.8 Å². The zero-order valence-corrected chi connectivity index (χ0v) is 18.8. The summed E-state index contributed by atoms with van der Waals surface area (Å²) in [5.41, 5.74) is 2.32. The fourth-order valence-corrected chi connectivity index (χ4v) is 3.61. The van der Waals surface area contributed by atoms with Gasteiger partial charge in [0.1, 0.15) is 0 Å². The second kappa shape index (κ2) is 10.5. The van der Waals surface area contributed by atoms with E-state index in [9.17, 15) is 19.2 Å². The molecule has 0 atom stereocenters. The van der Waals surface area contributed by atoms with Gasteiger partial charge in [-0.25, -0.2) is 9.59 Å². The van der Waals surface area contributed by atoms with Crippen molar-refractivity contribution in [2.75, 3.05) is 18.5 Å². The maximum atomic E-state index is 12.8. The fraction of sp³-hybridized carbons (Fsp3) is 0.231. The van der Waals surface area contributed by atoms with Crippen molar-refractivity contribution in [3.8, 4) is 11.1 Å². The van der Waals surface area contributed by atoms with Crippen LogP contribution >= 0.6 is 0 Å². The number of ether oxygens (including phenoxy) is 2. The number of fused-ring (bicyclic) bond motifs is 1. The summed E-state index contributed by atoms with van der Waals surface area (Å²) in [6.07, 6.45) is 0.142. The predicted octanol–water partition coefficient (Wildman–Crippen LogP) is 4.53. The molecule has 0 spiro atoms. The van der Waals surface area contributed by atoms with Crippen molar-refractivity contribution >= 4 is 29.3 Å². The van der Waals surface area contributed by atoms with E-state index >= 15 is 0 Å². The van der Waals surface area contributed by atoms with E-state index in [1.165, 1.54) is 6.92 Å². The van der Waals surface area contributed by atoms with Crippen molar-refractivity contribution in [3.63, 3.8) is 0 Å². The molecule has 2 aliphatic rings. The van der Waals surface area contributed by atoms with E-state index in [2.05, 4.69) is 5.32 Å². The molecule has 1 amide bonds. The van der Waals surface area contributed by atoms with Gasteiger partial charge in [-0.1, -0.05) is 54.6 Å². The lowest BCUT2D eigenvalue weighted by atomic mass is 10.0. The van der Waals surface area contributed by atoms with Gasteiger partial charge in [-0.3, -0.25) is 9.59 Å². The average Bonchev–Trinajstić information content (AvgIpc) is 2.94. The summed E-state index contributed by atoms with van der Waals surface area (Å²) in [5.74, 6) is -1.85. The van der Waals surface area contributed by atoms with Gasteiger partial charge in [0.05, 0.1) is 30.0 Å². The van der Waals surface area contributed by atoms with E-state index in [1.807, 2.05) is 6.07 Å². The number of anilines is 1. The number of rotatable bonds is 8. The molecule has 7 nitrogen and oxygen atoms in total. The highest BCUT2D eigenvalue weighted by Gasteiger charge is 2.32. The van der Waals surface area contributed by atoms with Crippen molar-refractivity contribution < 1.29 is 28.7 Å². The number of carbonyl (C=O) groups is 4. The molecule has 0 aromatic heterocycles. The predicted molar refractivity (Wildman–Crippen MR) is 124 cm³/mol. The second-order valence-corrected chi connectivity index (χ2v) is 7.28. The third kappa shape index (κ3) is 5.26. The molecule has 0 radical (unpaired) electrons. The topological polar surface area (TPSA) is 98.8 Å². The van der Waals surface area contributed by atoms with Gasteiger partial charge in [0.15, 0.2) is 5.78 Å². The van der Waals surface area contributed by atoms with Crippen LogP contribution in [-0.2, 0) is 20.7 Å². The van der Waals surface area contributed by atoms with Gasteiger partial charge in [-0.15, -0.1) is 0 Å². The highest BCUT2D eigenvalue weighted by molar-refractivity contribution is 6.18. The molecule has 0 fully saturated rings. The van der Waals surface area contributed by atoms with E-state index in [1.54, 1.807) is 62.4 Å². The number of nitrogens with one attached hydrogen (secondary N) is 1. The van der Waals surface area contributed by atoms with Gasteiger partial charge in [0, 0.05) is 18.9 Å². The Balaban J connectivity index is 2.16. The Morgan fingerprint density at radius 1 is 0.758 bits per heavy atom. The first-order chi connectivity index (χ1) is 15.9. The lowest BCUT2D eigenvalue weighted by Gasteiger charge is -2.08. The van der Waals surface area contributed by atoms with Crippen LogP contribution in [0, 0.1) is 0 Å². The number of benzene rings is 1. The molecule has 33 heavy (non-hydrogen) atoms. The summed E-state index contributed by atoms with van der Waals surface area (Å²) in [6.45, 7) is 4.86. The minimum atomic E-state index is -0.671. The molecule has 0 bridgehead atoms. The molecule has 0 saturated heterocycles. The highest BCUT2D eigenvalue weighted by Crippen LogP contribution is 2.41. The number of Topliss-reactive ketones (excluding diaryl/α,β-unsaturated/α-hetero) is 1.